The van der Waals surface area contributed by atoms with Gasteiger partial charge in [-0.05, 0) is 12.5 Å². The van der Waals surface area contributed by atoms with Crippen molar-refractivity contribution in [3.05, 3.63) is 34.3 Å². The Bertz CT molecular complexity index is 494. The molecule has 2 heterocycles. The topological polar surface area (TPSA) is 65.1 Å². The minimum absolute atomic E-state index is 0.0375. The van der Waals surface area contributed by atoms with Crippen LogP contribution in [0.25, 0.3) is 0 Å². The van der Waals surface area contributed by atoms with Crippen molar-refractivity contribution in [3.63, 3.8) is 0 Å². The van der Waals surface area contributed by atoms with Gasteiger partial charge in [0.1, 0.15) is 5.75 Å². The van der Waals surface area contributed by atoms with Crippen LogP contribution in [0.1, 0.15) is 29.8 Å². The fraction of sp³-hybridized carbons (Fsp3) is 0.417. The quantitative estimate of drug-likeness (QED) is 0.619. The van der Waals surface area contributed by atoms with Gasteiger partial charge in [-0.3, -0.25) is 10.5 Å². The van der Waals surface area contributed by atoms with Gasteiger partial charge in [-0.15, -0.1) is 11.3 Å². The summed E-state index contributed by atoms with van der Waals surface area (Å²) in [7, 11) is 1.66. The number of hydrogen-bond acceptors (Lipinski definition) is 5. The highest BCUT2D eigenvalue weighted by Gasteiger charge is 2.16. The molecule has 0 aliphatic heterocycles. The molecule has 6 heteroatoms. The zero-order valence-electron chi connectivity index (χ0n) is 10.6. The molecule has 0 saturated carbocycles. The Hall–Kier alpha value is -1.37. The minimum Gasteiger partial charge on any atom is -0.496 e. The highest BCUT2D eigenvalue weighted by Crippen LogP contribution is 2.30. The number of rotatable bonds is 6. The van der Waals surface area contributed by atoms with E-state index >= 15 is 0 Å². The van der Waals surface area contributed by atoms with Crippen LogP contribution < -0.4 is 16.0 Å². The lowest BCUT2D eigenvalue weighted by molar-refractivity contribution is 0.416. The zero-order chi connectivity index (χ0) is 13.0. The number of nitrogens with two attached hydrogens (primary N) is 1. The number of thiophene rings is 1. The van der Waals surface area contributed by atoms with Gasteiger partial charge in [-0.2, -0.15) is 5.10 Å². The molecular weight excluding hydrogens is 248 g/mol. The van der Waals surface area contributed by atoms with E-state index in [2.05, 4.69) is 17.4 Å². The molecule has 0 radical (unpaired) electrons. The van der Waals surface area contributed by atoms with Crippen LogP contribution in [-0.2, 0) is 6.54 Å². The number of hydrazine groups is 1. The fourth-order valence-corrected chi connectivity index (χ4v) is 2.76. The Morgan fingerprint density at radius 1 is 1.61 bits per heavy atom. The lowest BCUT2D eigenvalue weighted by atomic mass is 10.1. The molecule has 0 spiro atoms. The highest BCUT2D eigenvalue weighted by atomic mass is 32.1. The Balaban J connectivity index is 2.21. The molecule has 2 aromatic heterocycles. The van der Waals surface area contributed by atoms with Crippen LogP contribution in [0.3, 0.4) is 0 Å². The second-order valence-electron chi connectivity index (χ2n) is 4.03. The largest absolute Gasteiger partial charge is 0.496 e. The minimum atomic E-state index is -0.0375. The average molecular weight is 266 g/mol. The van der Waals surface area contributed by atoms with Crippen molar-refractivity contribution in [2.45, 2.75) is 25.9 Å². The van der Waals surface area contributed by atoms with Gasteiger partial charge in [-0.1, -0.05) is 6.92 Å². The molecule has 98 valence electrons. The van der Waals surface area contributed by atoms with Crippen LogP contribution in [0.15, 0.2) is 23.8 Å². The second-order valence-corrected chi connectivity index (χ2v) is 4.97. The lowest BCUT2D eigenvalue weighted by Gasteiger charge is -2.11. The third-order valence-electron chi connectivity index (χ3n) is 2.72. The molecule has 2 aromatic rings. The fourth-order valence-electron chi connectivity index (χ4n) is 1.82. The third-order valence-corrected chi connectivity index (χ3v) is 3.70. The van der Waals surface area contributed by atoms with E-state index in [1.807, 2.05) is 28.5 Å². The molecule has 1 atom stereocenters. The maximum atomic E-state index is 5.65. The van der Waals surface area contributed by atoms with Crippen molar-refractivity contribution >= 4 is 11.3 Å². The molecule has 0 aromatic carbocycles. The van der Waals surface area contributed by atoms with Gasteiger partial charge in [0.05, 0.1) is 19.3 Å². The predicted molar refractivity (Wildman–Crippen MR) is 72.6 cm³/mol. The maximum absolute atomic E-state index is 5.65. The molecule has 1 unspecified atom stereocenters. The summed E-state index contributed by atoms with van der Waals surface area (Å²) in [5, 5.41) is 6.29. The third kappa shape index (κ3) is 2.72. The standard InChI is InChI=1S/C12H18N4OS/c1-3-4-16-7-9(6-14-16)12(15-13)11-5-10(17-2)8-18-11/h5-8,12,15H,3-4,13H2,1-2H3. The first-order valence-corrected chi connectivity index (χ1v) is 6.77. The molecular formula is C12H18N4OS. The van der Waals surface area contributed by atoms with E-state index in [0.29, 0.717) is 0 Å². The van der Waals surface area contributed by atoms with Gasteiger partial charge in [0.2, 0.25) is 0 Å². The van der Waals surface area contributed by atoms with E-state index in [-0.39, 0.29) is 6.04 Å². The summed E-state index contributed by atoms with van der Waals surface area (Å²) < 4.78 is 7.13. The van der Waals surface area contributed by atoms with Gasteiger partial charge in [-0.25, -0.2) is 5.43 Å². The van der Waals surface area contributed by atoms with Crippen molar-refractivity contribution in [2.24, 2.45) is 5.84 Å². The smallest absolute Gasteiger partial charge is 0.129 e. The highest BCUT2D eigenvalue weighted by molar-refractivity contribution is 7.10. The van der Waals surface area contributed by atoms with Gasteiger partial charge in [0.15, 0.2) is 0 Å². The SMILES string of the molecule is CCCn1cc(C(NN)c2cc(OC)cs2)cn1. The van der Waals surface area contributed by atoms with Crippen LogP contribution in [0, 0.1) is 0 Å². The van der Waals surface area contributed by atoms with Gasteiger partial charge >= 0.3 is 0 Å². The van der Waals surface area contributed by atoms with E-state index < -0.39 is 0 Å². The number of methoxy groups -OCH3 is 1. The van der Waals surface area contributed by atoms with Crippen molar-refractivity contribution in [1.29, 1.82) is 0 Å². The Morgan fingerprint density at radius 3 is 3.06 bits per heavy atom. The van der Waals surface area contributed by atoms with E-state index in [1.54, 1.807) is 18.4 Å². The van der Waals surface area contributed by atoms with Gasteiger partial charge in [0.25, 0.3) is 0 Å². The van der Waals surface area contributed by atoms with Crippen molar-refractivity contribution in [2.75, 3.05) is 7.11 Å². The molecule has 0 fully saturated rings. The molecule has 0 bridgehead atoms. The van der Waals surface area contributed by atoms with Crippen molar-refractivity contribution in [1.82, 2.24) is 15.2 Å². The number of nitrogens with one attached hydrogen (secondary N) is 1. The molecule has 2 rings (SSSR count). The molecule has 0 aliphatic rings. The number of aromatic nitrogens is 2. The first kappa shape index (κ1) is 13.1. The molecule has 0 amide bonds. The first-order chi connectivity index (χ1) is 8.78. The summed E-state index contributed by atoms with van der Waals surface area (Å²) in [6, 6.07) is 1.95. The maximum Gasteiger partial charge on any atom is 0.129 e. The van der Waals surface area contributed by atoms with E-state index in [9.17, 15) is 0 Å². The predicted octanol–water partition coefficient (Wildman–Crippen LogP) is 1.92. The van der Waals surface area contributed by atoms with E-state index in [0.717, 1.165) is 29.2 Å². The number of aryl methyl sites for hydroxylation is 1. The molecule has 3 N–H and O–H groups in total. The van der Waals surface area contributed by atoms with Crippen molar-refractivity contribution in [3.8, 4) is 5.75 Å². The summed E-state index contributed by atoms with van der Waals surface area (Å²) in [5.74, 6) is 6.51. The Morgan fingerprint density at radius 2 is 2.44 bits per heavy atom. The van der Waals surface area contributed by atoms with Crippen LogP contribution in [-0.4, -0.2) is 16.9 Å². The summed E-state index contributed by atoms with van der Waals surface area (Å²) in [5.41, 5.74) is 3.89. The first-order valence-electron chi connectivity index (χ1n) is 5.89. The number of hydrogen-bond donors (Lipinski definition) is 2. The van der Waals surface area contributed by atoms with Crippen LogP contribution >= 0.6 is 11.3 Å². The second kappa shape index (κ2) is 5.99. The normalized spacial score (nSPS) is 12.6. The van der Waals surface area contributed by atoms with Crippen LogP contribution in [0.5, 0.6) is 5.75 Å². The monoisotopic (exact) mass is 266 g/mol. The van der Waals surface area contributed by atoms with Crippen molar-refractivity contribution < 1.29 is 4.74 Å². The van der Waals surface area contributed by atoms with E-state index in [1.165, 1.54) is 0 Å². The van der Waals surface area contributed by atoms with Crippen LogP contribution in [0.4, 0.5) is 0 Å². The summed E-state index contributed by atoms with van der Waals surface area (Å²) in [6.45, 7) is 3.05. The van der Waals surface area contributed by atoms with Gasteiger partial charge < -0.3 is 4.74 Å². The zero-order valence-corrected chi connectivity index (χ0v) is 11.4. The molecule has 0 saturated heterocycles. The average Bonchev–Trinajstić information content (AvgIpc) is 3.01. The van der Waals surface area contributed by atoms with Crippen LogP contribution in [0.2, 0.25) is 0 Å². The Kier molecular flexibility index (Phi) is 4.35. The summed E-state index contributed by atoms with van der Waals surface area (Å²) in [4.78, 5) is 1.12. The lowest BCUT2D eigenvalue weighted by Crippen LogP contribution is -2.27. The summed E-state index contributed by atoms with van der Waals surface area (Å²) in [6.07, 6.45) is 4.95. The summed E-state index contributed by atoms with van der Waals surface area (Å²) >= 11 is 1.62. The molecule has 0 aliphatic carbocycles. The molecule has 18 heavy (non-hydrogen) atoms. The number of ether oxygens (including phenoxy) is 1. The van der Waals surface area contributed by atoms with E-state index in [4.69, 9.17) is 10.6 Å². The number of nitrogens with zero attached hydrogens (tertiary/aromatic N) is 2. The molecule has 5 nitrogen and oxygen atoms in total. The Labute approximate surface area is 111 Å². The van der Waals surface area contributed by atoms with Gasteiger partial charge in [0, 0.05) is 28.6 Å².